The molecular formula is C26H30N4O9. The summed E-state index contributed by atoms with van der Waals surface area (Å²) in [5.41, 5.74) is 4.02. The minimum atomic E-state index is -1.82. The van der Waals surface area contributed by atoms with Crippen LogP contribution in [0.2, 0.25) is 0 Å². The van der Waals surface area contributed by atoms with Gasteiger partial charge in [-0.1, -0.05) is 35.5 Å². The molecule has 2 aliphatic heterocycles. The average molecular weight is 543 g/mol. The minimum absolute atomic E-state index is 0. The quantitative estimate of drug-likeness (QED) is 0.210. The summed E-state index contributed by atoms with van der Waals surface area (Å²) in [6, 6.07) is 15.1. The second kappa shape index (κ2) is 14.4. The second-order valence-electron chi connectivity index (χ2n) is 8.59. The van der Waals surface area contributed by atoms with Gasteiger partial charge in [0.1, 0.15) is 5.71 Å². The van der Waals surface area contributed by atoms with Crippen molar-refractivity contribution < 1.29 is 44.5 Å². The van der Waals surface area contributed by atoms with Crippen molar-refractivity contribution in [2.24, 2.45) is 5.16 Å². The van der Waals surface area contributed by atoms with Gasteiger partial charge in [-0.15, -0.1) is 0 Å². The van der Waals surface area contributed by atoms with Gasteiger partial charge in [0.05, 0.1) is 0 Å². The zero-order valence-electron chi connectivity index (χ0n) is 21.3. The smallest absolute Gasteiger partial charge is 0.414 e. The van der Waals surface area contributed by atoms with Crippen LogP contribution < -0.4 is 5.32 Å². The SMILES string of the molecule is CC(=O)ON=C(CN1CCN(C(=O)c2ccc3c(c2)CCC(=O)N3)CC1)c1ccccc1.O.O=C(O)C(=O)O. The summed E-state index contributed by atoms with van der Waals surface area (Å²) in [6.45, 7) is 4.44. The van der Waals surface area contributed by atoms with Crippen molar-refractivity contribution in [3.8, 4) is 0 Å². The number of fused-ring (bicyclic) bond motifs is 1. The number of carboxylic acid groups (broad SMARTS) is 2. The molecule has 0 aromatic heterocycles. The standard InChI is InChI=1S/C24H26N4O4.C2H2O4.H2O/c1-17(29)32-26-22(18-5-3-2-4-6-18)16-27-11-13-28(14-12-27)24(31)20-7-9-21-19(15-20)8-10-23(30)25-21;3-1(4)2(5)6;/h2-7,9,15H,8,10-14,16H2,1H3,(H,25,30);(H,3,4)(H,5,6);1H2. The summed E-state index contributed by atoms with van der Waals surface area (Å²) in [7, 11) is 0. The van der Waals surface area contributed by atoms with E-state index in [0.29, 0.717) is 56.8 Å². The van der Waals surface area contributed by atoms with E-state index < -0.39 is 17.9 Å². The van der Waals surface area contributed by atoms with Crippen LogP contribution in [0, 0.1) is 0 Å². The van der Waals surface area contributed by atoms with Crippen LogP contribution in [0.3, 0.4) is 0 Å². The van der Waals surface area contributed by atoms with E-state index in [1.54, 1.807) is 6.07 Å². The van der Waals surface area contributed by atoms with E-state index in [1.165, 1.54) is 6.92 Å². The summed E-state index contributed by atoms with van der Waals surface area (Å²) < 4.78 is 0. The summed E-state index contributed by atoms with van der Waals surface area (Å²) in [5.74, 6) is -4.09. The molecule has 2 aromatic carbocycles. The molecule has 2 heterocycles. The fourth-order valence-electron chi connectivity index (χ4n) is 3.94. The maximum absolute atomic E-state index is 13.0. The number of carbonyl (C=O) groups excluding carboxylic acids is 3. The van der Waals surface area contributed by atoms with Crippen LogP contribution in [0.15, 0.2) is 53.7 Å². The summed E-state index contributed by atoms with van der Waals surface area (Å²) in [4.78, 5) is 62.9. The van der Waals surface area contributed by atoms with Gasteiger partial charge in [0, 0.05) is 62.9 Å². The lowest BCUT2D eigenvalue weighted by Gasteiger charge is -2.35. The Balaban J connectivity index is 0.000000687. The van der Waals surface area contributed by atoms with Crippen molar-refractivity contribution >= 4 is 41.1 Å². The number of amides is 2. The minimum Gasteiger partial charge on any atom is -0.473 e. The number of benzene rings is 2. The Labute approximate surface area is 224 Å². The molecule has 0 unspecified atom stereocenters. The third kappa shape index (κ3) is 9.02. The molecule has 2 aromatic rings. The molecule has 0 spiro atoms. The number of oxime groups is 1. The van der Waals surface area contributed by atoms with Crippen molar-refractivity contribution in [1.82, 2.24) is 9.80 Å². The molecule has 1 saturated heterocycles. The van der Waals surface area contributed by atoms with E-state index >= 15 is 0 Å². The van der Waals surface area contributed by atoms with Crippen molar-refractivity contribution in [3.63, 3.8) is 0 Å². The van der Waals surface area contributed by atoms with Gasteiger partial charge in [-0.3, -0.25) is 14.5 Å². The fraction of sp³-hybridized carbons (Fsp3) is 0.308. The number of hydrogen-bond donors (Lipinski definition) is 3. The van der Waals surface area contributed by atoms with Crippen molar-refractivity contribution in [2.45, 2.75) is 19.8 Å². The van der Waals surface area contributed by atoms with Crippen LogP contribution in [0.4, 0.5) is 5.69 Å². The molecule has 13 heteroatoms. The zero-order chi connectivity index (χ0) is 27.7. The first-order valence-corrected chi connectivity index (χ1v) is 11.8. The Morgan fingerprint density at radius 2 is 1.56 bits per heavy atom. The third-order valence-corrected chi connectivity index (χ3v) is 5.85. The number of hydrogen-bond acceptors (Lipinski definition) is 8. The number of rotatable bonds is 5. The molecule has 1 fully saturated rings. The normalized spacial score (nSPS) is 14.9. The van der Waals surface area contributed by atoms with Gasteiger partial charge in [-0.25, -0.2) is 14.4 Å². The lowest BCUT2D eigenvalue weighted by molar-refractivity contribution is -0.159. The molecule has 0 atom stereocenters. The first kappa shape index (κ1) is 30.6. The highest BCUT2D eigenvalue weighted by molar-refractivity contribution is 6.27. The number of piperazine rings is 1. The highest BCUT2D eigenvalue weighted by Crippen LogP contribution is 2.24. The maximum atomic E-state index is 13.0. The molecule has 0 saturated carbocycles. The van der Waals surface area contributed by atoms with E-state index in [0.717, 1.165) is 16.8 Å². The average Bonchev–Trinajstić information content (AvgIpc) is 2.91. The van der Waals surface area contributed by atoms with E-state index in [1.807, 2.05) is 47.4 Å². The lowest BCUT2D eigenvalue weighted by atomic mass is 10.00. The van der Waals surface area contributed by atoms with Crippen molar-refractivity contribution in [3.05, 3.63) is 65.2 Å². The van der Waals surface area contributed by atoms with Crippen molar-refractivity contribution in [1.29, 1.82) is 0 Å². The molecule has 4 rings (SSSR count). The predicted octanol–water partition coefficient (Wildman–Crippen LogP) is 0.627. The Bertz CT molecular complexity index is 1230. The van der Waals surface area contributed by atoms with Gasteiger partial charge in [0.2, 0.25) is 5.91 Å². The van der Waals surface area contributed by atoms with Gasteiger partial charge < -0.3 is 30.7 Å². The largest absolute Gasteiger partial charge is 0.473 e. The Morgan fingerprint density at radius 3 is 2.15 bits per heavy atom. The Morgan fingerprint density at radius 1 is 0.923 bits per heavy atom. The molecule has 208 valence electrons. The van der Waals surface area contributed by atoms with Crippen LogP contribution in [-0.2, 0) is 30.4 Å². The topological polar surface area (TPSA) is 197 Å². The molecule has 5 N–H and O–H groups in total. The number of aryl methyl sites for hydroxylation is 1. The van der Waals surface area contributed by atoms with Crippen LogP contribution >= 0.6 is 0 Å². The second-order valence-corrected chi connectivity index (χ2v) is 8.59. The number of aliphatic carboxylic acids is 2. The van der Waals surface area contributed by atoms with E-state index in [4.69, 9.17) is 24.6 Å². The van der Waals surface area contributed by atoms with E-state index in [9.17, 15) is 14.4 Å². The number of carbonyl (C=O) groups is 5. The molecule has 0 radical (unpaired) electrons. The number of nitrogens with one attached hydrogen (secondary N) is 1. The fourth-order valence-corrected chi connectivity index (χ4v) is 3.94. The molecule has 0 bridgehead atoms. The Kier molecular flexibility index (Phi) is 11.3. The molecule has 13 nitrogen and oxygen atoms in total. The first-order valence-electron chi connectivity index (χ1n) is 11.8. The summed E-state index contributed by atoms with van der Waals surface area (Å²) in [5, 5.41) is 21.7. The molecule has 0 aliphatic carbocycles. The van der Waals surface area contributed by atoms with Crippen LogP contribution in [-0.4, -0.2) is 93.6 Å². The van der Waals surface area contributed by atoms with Gasteiger partial charge in [-0.05, 0) is 30.2 Å². The van der Waals surface area contributed by atoms with Crippen molar-refractivity contribution in [2.75, 3.05) is 38.0 Å². The van der Waals surface area contributed by atoms with Crippen LogP contribution in [0.5, 0.6) is 0 Å². The van der Waals surface area contributed by atoms with Crippen LogP contribution in [0.25, 0.3) is 0 Å². The number of carboxylic acids is 2. The molecule has 2 aliphatic rings. The van der Waals surface area contributed by atoms with Gasteiger partial charge in [0.25, 0.3) is 5.91 Å². The third-order valence-electron chi connectivity index (χ3n) is 5.85. The highest BCUT2D eigenvalue weighted by atomic mass is 16.7. The molecular weight excluding hydrogens is 512 g/mol. The van der Waals surface area contributed by atoms with Gasteiger partial charge >= 0.3 is 17.9 Å². The monoisotopic (exact) mass is 542 g/mol. The maximum Gasteiger partial charge on any atom is 0.414 e. The summed E-state index contributed by atoms with van der Waals surface area (Å²) in [6.07, 6.45) is 1.10. The Hall–Kier alpha value is -4.62. The highest BCUT2D eigenvalue weighted by Gasteiger charge is 2.25. The molecule has 2 amide bonds. The van der Waals surface area contributed by atoms with E-state index in [2.05, 4.69) is 15.4 Å². The van der Waals surface area contributed by atoms with Gasteiger partial charge in [-0.2, -0.15) is 0 Å². The van der Waals surface area contributed by atoms with E-state index in [-0.39, 0.29) is 17.3 Å². The van der Waals surface area contributed by atoms with Gasteiger partial charge in [0.15, 0.2) is 0 Å². The van der Waals surface area contributed by atoms with Crippen LogP contribution in [0.1, 0.15) is 34.8 Å². The predicted molar refractivity (Wildman–Crippen MR) is 139 cm³/mol. The number of anilines is 1. The lowest BCUT2D eigenvalue weighted by Crippen LogP contribution is -2.50. The summed E-state index contributed by atoms with van der Waals surface area (Å²) >= 11 is 0. The molecule has 39 heavy (non-hydrogen) atoms. The zero-order valence-corrected chi connectivity index (χ0v) is 21.3. The number of nitrogens with zero attached hydrogens (tertiary/aromatic N) is 3. The first-order chi connectivity index (χ1) is 18.1.